The van der Waals surface area contributed by atoms with Crippen LogP contribution in [0.1, 0.15) is 31.1 Å². The lowest BCUT2D eigenvalue weighted by Crippen LogP contribution is -2.30. The van der Waals surface area contributed by atoms with Crippen LogP contribution in [0.5, 0.6) is 0 Å². The first-order valence-corrected chi connectivity index (χ1v) is 9.27. The molecule has 142 valence electrons. The Morgan fingerprint density at radius 3 is 2.11 bits per heavy atom. The van der Waals surface area contributed by atoms with E-state index < -0.39 is 10.2 Å². The minimum atomic E-state index is -0.463. The van der Waals surface area contributed by atoms with Crippen molar-refractivity contribution >= 4 is 35.0 Å². The number of non-ortho nitro benzene ring substituents is 1. The van der Waals surface area contributed by atoms with Crippen molar-refractivity contribution in [2.24, 2.45) is 0 Å². The molecule has 2 aromatic rings. The maximum atomic E-state index is 12.3. The Labute approximate surface area is 161 Å². The van der Waals surface area contributed by atoms with Crippen LogP contribution in [0, 0.1) is 10.1 Å². The number of carbonyl (C=O) groups excluding carboxylic acids is 2. The van der Waals surface area contributed by atoms with Gasteiger partial charge >= 0.3 is 0 Å². The largest absolute Gasteiger partial charge is 0.350 e. The maximum absolute atomic E-state index is 12.3. The molecule has 0 spiro atoms. The Balaban J connectivity index is 1.93. The number of hydrogen-bond donors (Lipinski definition) is 2. The number of nitro groups is 1. The summed E-state index contributed by atoms with van der Waals surface area (Å²) in [6.07, 6.45) is 0. The average molecular weight is 387 g/mol. The summed E-state index contributed by atoms with van der Waals surface area (Å²) in [6.45, 7) is 5.53. The summed E-state index contributed by atoms with van der Waals surface area (Å²) in [4.78, 5) is 35.2. The quantitative estimate of drug-likeness (QED) is 0.427. The van der Waals surface area contributed by atoms with Gasteiger partial charge in [0.1, 0.15) is 0 Å². The summed E-state index contributed by atoms with van der Waals surface area (Å²) in [6, 6.07) is 12.8. The summed E-state index contributed by atoms with van der Waals surface area (Å²) in [5.41, 5.74) is 1.13. The van der Waals surface area contributed by atoms with E-state index in [1.807, 2.05) is 13.8 Å². The first-order chi connectivity index (χ1) is 12.8. The van der Waals surface area contributed by atoms with Crippen LogP contribution < -0.4 is 10.6 Å². The molecule has 0 saturated heterocycles. The van der Waals surface area contributed by atoms with Crippen LogP contribution in [-0.4, -0.2) is 28.0 Å². The number of amides is 2. The molecule has 0 aliphatic rings. The summed E-state index contributed by atoms with van der Waals surface area (Å²) in [7, 11) is 0. The van der Waals surface area contributed by atoms with Crippen LogP contribution in [0.2, 0.25) is 0 Å². The van der Waals surface area contributed by atoms with Gasteiger partial charge in [-0.05, 0) is 57.2 Å². The molecule has 0 fully saturated rings. The lowest BCUT2D eigenvalue weighted by atomic mass is 10.2. The predicted octanol–water partition coefficient (Wildman–Crippen LogP) is 3.85. The highest BCUT2D eigenvalue weighted by molar-refractivity contribution is 8.00. The Kier molecular flexibility index (Phi) is 6.95. The first kappa shape index (κ1) is 20.4. The number of hydrogen-bond acceptors (Lipinski definition) is 5. The van der Waals surface area contributed by atoms with Crippen molar-refractivity contribution < 1.29 is 14.5 Å². The van der Waals surface area contributed by atoms with E-state index in [0.717, 1.165) is 4.90 Å². The second-order valence-corrected chi connectivity index (χ2v) is 7.62. The molecule has 0 heterocycles. The van der Waals surface area contributed by atoms with Crippen LogP contribution >= 0.6 is 11.8 Å². The van der Waals surface area contributed by atoms with Gasteiger partial charge in [0.25, 0.3) is 11.6 Å². The van der Waals surface area contributed by atoms with Crippen molar-refractivity contribution in [1.82, 2.24) is 5.32 Å². The number of nitrogens with one attached hydrogen (secondary N) is 2. The zero-order chi connectivity index (χ0) is 20.0. The van der Waals surface area contributed by atoms with Gasteiger partial charge in [-0.1, -0.05) is 0 Å². The van der Waals surface area contributed by atoms with Crippen LogP contribution in [-0.2, 0) is 4.79 Å². The molecule has 2 aromatic carbocycles. The smallest absolute Gasteiger partial charge is 0.269 e. The summed E-state index contributed by atoms with van der Waals surface area (Å²) < 4.78 is 0. The minimum Gasteiger partial charge on any atom is -0.350 e. The van der Waals surface area contributed by atoms with Crippen LogP contribution in [0.4, 0.5) is 11.4 Å². The normalized spacial score (nSPS) is 11.7. The summed E-state index contributed by atoms with van der Waals surface area (Å²) >= 11 is 1.31. The number of rotatable bonds is 7. The molecule has 27 heavy (non-hydrogen) atoms. The van der Waals surface area contributed by atoms with Crippen LogP contribution in [0.15, 0.2) is 53.4 Å². The zero-order valence-corrected chi connectivity index (χ0v) is 16.1. The molecular weight excluding hydrogens is 366 g/mol. The SMILES string of the molecule is CC(C)NC(=O)c1ccc(NC(=O)C(C)Sc2ccc([N+](=O)[O-])cc2)cc1. The molecule has 0 saturated carbocycles. The third kappa shape index (κ3) is 6.10. The van der Waals surface area contributed by atoms with E-state index in [4.69, 9.17) is 0 Å². The van der Waals surface area contributed by atoms with Crippen LogP contribution in [0.3, 0.4) is 0 Å². The predicted molar refractivity (Wildman–Crippen MR) is 106 cm³/mol. The fraction of sp³-hybridized carbons (Fsp3) is 0.263. The van der Waals surface area contributed by atoms with Crippen molar-refractivity contribution in [2.75, 3.05) is 5.32 Å². The van der Waals surface area contributed by atoms with Gasteiger partial charge in [-0.2, -0.15) is 0 Å². The highest BCUT2D eigenvalue weighted by Crippen LogP contribution is 2.26. The molecule has 0 radical (unpaired) electrons. The van der Waals surface area contributed by atoms with Crippen molar-refractivity contribution in [3.8, 4) is 0 Å². The summed E-state index contributed by atoms with van der Waals surface area (Å²) in [5.74, 6) is -0.359. The number of carbonyl (C=O) groups is 2. The van der Waals surface area contributed by atoms with Gasteiger partial charge in [-0.25, -0.2) is 0 Å². The summed E-state index contributed by atoms with van der Waals surface area (Å²) in [5, 5.41) is 15.9. The van der Waals surface area contributed by atoms with Gasteiger partial charge in [-0.3, -0.25) is 19.7 Å². The molecular formula is C19H21N3O4S. The van der Waals surface area contributed by atoms with Crippen molar-refractivity contribution in [2.45, 2.75) is 37.0 Å². The van der Waals surface area contributed by atoms with Gasteiger partial charge < -0.3 is 10.6 Å². The molecule has 2 N–H and O–H groups in total. The third-order valence-corrected chi connectivity index (χ3v) is 4.68. The average Bonchev–Trinajstić information content (AvgIpc) is 2.62. The molecule has 2 rings (SSSR count). The van der Waals surface area contributed by atoms with E-state index in [1.165, 1.54) is 23.9 Å². The lowest BCUT2D eigenvalue weighted by Gasteiger charge is -2.13. The van der Waals surface area contributed by atoms with E-state index in [-0.39, 0.29) is 23.5 Å². The highest BCUT2D eigenvalue weighted by Gasteiger charge is 2.16. The van der Waals surface area contributed by atoms with E-state index >= 15 is 0 Å². The molecule has 7 nitrogen and oxygen atoms in total. The topological polar surface area (TPSA) is 101 Å². The standard InChI is InChI=1S/C19H21N3O4S/c1-12(2)20-19(24)14-4-6-15(7-5-14)21-18(23)13(3)27-17-10-8-16(9-11-17)22(25)26/h4-13H,1-3H3,(H,20,24)(H,21,23). The zero-order valence-electron chi connectivity index (χ0n) is 15.3. The van der Waals surface area contributed by atoms with Crippen molar-refractivity contribution in [1.29, 1.82) is 0 Å². The molecule has 8 heteroatoms. The monoisotopic (exact) mass is 387 g/mol. The first-order valence-electron chi connectivity index (χ1n) is 8.39. The van der Waals surface area contributed by atoms with Gasteiger partial charge in [0.05, 0.1) is 10.2 Å². The van der Waals surface area contributed by atoms with E-state index in [9.17, 15) is 19.7 Å². The second kappa shape index (κ2) is 9.18. The molecule has 1 unspecified atom stereocenters. The number of thioether (sulfide) groups is 1. The second-order valence-electron chi connectivity index (χ2n) is 6.21. The van der Waals surface area contributed by atoms with E-state index in [2.05, 4.69) is 10.6 Å². The molecule has 0 bridgehead atoms. The Morgan fingerprint density at radius 1 is 1.00 bits per heavy atom. The van der Waals surface area contributed by atoms with E-state index in [0.29, 0.717) is 11.3 Å². The third-order valence-electron chi connectivity index (χ3n) is 3.56. The lowest BCUT2D eigenvalue weighted by molar-refractivity contribution is -0.384. The number of benzene rings is 2. The van der Waals surface area contributed by atoms with Gasteiger partial charge in [-0.15, -0.1) is 11.8 Å². The van der Waals surface area contributed by atoms with Gasteiger partial charge in [0.2, 0.25) is 5.91 Å². The molecule has 0 aliphatic carbocycles. The van der Waals surface area contributed by atoms with E-state index in [1.54, 1.807) is 43.3 Å². The van der Waals surface area contributed by atoms with Crippen molar-refractivity contribution in [3.05, 3.63) is 64.2 Å². The number of nitro benzene ring substituents is 1. The van der Waals surface area contributed by atoms with Gasteiger partial charge in [0, 0.05) is 34.3 Å². The maximum Gasteiger partial charge on any atom is 0.269 e. The van der Waals surface area contributed by atoms with Gasteiger partial charge in [0.15, 0.2) is 0 Å². The minimum absolute atomic E-state index is 0.0121. The fourth-order valence-corrected chi connectivity index (χ4v) is 3.07. The van der Waals surface area contributed by atoms with Crippen LogP contribution in [0.25, 0.3) is 0 Å². The highest BCUT2D eigenvalue weighted by atomic mass is 32.2. The molecule has 0 aromatic heterocycles. The Bertz CT molecular complexity index is 820. The molecule has 0 aliphatic heterocycles. The molecule has 1 atom stereocenters. The fourth-order valence-electron chi connectivity index (χ4n) is 2.20. The Morgan fingerprint density at radius 2 is 1.59 bits per heavy atom. The Hall–Kier alpha value is -2.87. The van der Waals surface area contributed by atoms with Crippen molar-refractivity contribution in [3.63, 3.8) is 0 Å². The number of nitrogens with zero attached hydrogens (tertiary/aromatic N) is 1. The molecule has 2 amide bonds. The number of anilines is 1.